The Labute approximate surface area is 137 Å². The van der Waals surface area contributed by atoms with E-state index in [1.807, 2.05) is 6.92 Å². The van der Waals surface area contributed by atoms with Gasteiger partial charge in [-0.1, -0.05) is 24.6 Å². The molecule has 1 unspecified atom stereocenters. The molecule has 23 heavy (non-hydrogen) atoms. The van der Waals surface area contributed by atoms with Crippen LogP contribution in [0.1, 0.15) is 41.1 Å². The van der Waals surface area contributed by atoms with Crippen molar-refractivity contribution in [3.05, 3.63) is 58.3 Å². The van der Waals surface area contributed by atoms with Gasteiger partial charge in [-0.3, -0.25) is 4.79 Å². The fraction of sp³-hybridized carbons (Fsp3) is 0.250. The average molecular weight is 340 g/mol. The van der Waals surface area contributed by atoms with Gasteiger partial charge in [0.1, 0.15) is 11.6 Å². The van der Waals surface area contributed by atoms with E-state index < -0.39 is 23.7 Å². The number of carboxylic acids is 1. The zero-order valence-electron chi connectivity index (χ0n) is 12.3. The van der Waals surface area contributed by atoms with Gasteiger partial charge in [-0.15, -0.1) is 0 Å². The Balaban J connectivity index is 2.25. The van der Waals surface area contributed by atoms with Crippen LogP contribution in [0.3, 0.4) is 0 Å². The summed E-state index contributed by atoms with van der Waals surface area (Å²) in [6.45, 7) is 1.93. The number of aryl methyl sites for hydroxylation is 1. The van der Waals surface area contributed by atoms with Crippen LogP contribution in [0.2, 0.25) is 5.02 Å². The lowest BCUT2D eigenvalue weighted by molar-refractivity contribution is -0.139. The monoisotopic (exact) mass is 339 g/mol. The molecule has 0 fully saturated rings. The van der Waals surface area contributed by atoms with E-state index in [0.29, 0.717) is 12.2 Å². The number of benzene rings is 1. The van der Waals surface area contributed by atoms with Crippen LogP contribution in [-0.4, -0.2) is 17.0 Å². The third-order valence-corrected chi connectivity index (χ3v) is 3.57. The molecule has 0 saturated carbocycles. The number of rotatable bonds is 6. The molecule has 122 valence electrons. The molecule has 2 N–H and O–H groups in total. The maximum absolute atomic E-state index is 13.5. The lowest BCUT2D eigenvalue weighted by Crippen LogP contribution is -2.34. The number of nitrogens with one attached hydrogen (secondary N) is 1. The molecular formula is C16H15ClFNO4. The van der Waals surface area contributed by atoms with Crippen LogP contribution in [0.15, 0.2) is 34.9 Å². The zero-order chi connectivity index (χ0) is 17.0. The minimum atomic E-state index is -1.39. The molecule has 0 aliphatic heterocycles. The summed E-state index contributed by atoms with van der Waals surface area (Å²) in [6, 6.07) is 3.67. The molecule has 0 aliphatic carbocycles. The summed E-state index contributed by atoms with van der Waals surface area (Å²) >= 11 is 5.59. The fourth-order valence-corrected chi connectivity index (χ4v) is 2.27. The highest BCUT2D eigenvalue weighted by Crippen LogP contribution is 2.22. The first-order valence-corrected chi connectivity index (χ1v) is 7.36. The number of furan rings is 1. The third-order valence-electron chi connectivity index (χ3n) is 3.27. The van der Waals surface area contributed by atoms with Gasteiger partial charge < -0.3 is 14.8 Å². The van der Waals surface area contributed by atoms with Gasteiger partial charge >= 0.3 is 5.97 Å². The van der Waals surface area contributed by atoms with Crippen LogP contribution in [0.5, 0.6) is 0 Å². The lowest BCUT2D eigenvalue weighted by atomic mass is 10.1. The molecule has 1 aromatic carbocycles. The summed E-state index contributed by atoms with van der Waals surface area (Å²) in [5, 5.41) is 11.6. The van der Waals surface area contributed by atoms with Crippen molar-refractivity contribution in [2.45, 2.75) is 25.8 Å². The maximum Gasteiger partial charge on any atom is 0.330 e. The van der Waals surface area contributed by atoms with Gasteiger partial charge in [-0.2, -0.15) is 0 Å². The van der Waals surface area contributed by atoms with Crippen molar-refractivity contribution >= 4 is 23.5 Å². The Morgan fingerprint density at radius 2 is 2.13 bits per heavy atom. The highest BCUT2D eigenvalue weighted by Gasteiger charge is 2.25. The largest absolute Gasteiger partial charge is 0.479 e. The molecular weight excluding hydrogens is 325 g/mol. The molecule has 0 saturated heterocycles. The van der Waals surface area contributed by atoms with E-state index in [-0.39, 0.29) is 16.1 Å². The summed E-state index contributed by atoms with van der Waals surface area (Å²) in [6.07, 6.45) is 2.71. The van der Waals surface area contributed by atoms with Crippen molar-refractivity contribution in [3.63, 3.8) is 0 Å². The third kappa shape index (κ3) is 3.90. The van der Waals surface area contributed by atoms with Crippen molar-refractivity contribution in [1.29, 1.82) is 0 Å². The summed E-state index contributed by atoms with van der Waals surface area (Å²) in [5.41, 5.74) is 0.362. The number of aliphatic carboxylic acids is 1. The van der Waals surface area contributed by atoms with Crippen molar-refractivity contribution in [1.82, 2.24) is 5.32 Å². The minimum absolute atomic E-state index is 0.0910. The highest BCUT2D eigenvalue weighted by atomic mass is 35.5. The minimum Gasteiger partial charge on any atom is -0.479 e. The van der Waals surface area contributed by atoms with Crippen LogP contribution >= 0.6 is 11.6 Å². The molecule has 0 radical (unpaired) electrons. The first-order chi connectivity index (χ1) is 10.9. The van der Waals surface area contributed by atoms with Gasteiger partial charge in [0, 0.05) is 6.42 Å². The number of halogens is 2. The van der Waals surface area contributed by atoms with Crippen LogP contribution in [-0.2, 0) is 11.2 Å². The highest BCUT2D eigenvalue weighted by molar-refractivity contribution is 6.30. The van der Waals surface area contributed by atoms with Crippen LogP contribution in [0.4, 0.5) is 4.39 Å². The van der Waals surface area contributed by atoms with Crippen molar-refractivity contribution in [3.8, 4) is 0 Å². The molecule has 5 nitrogen and oxygen atoms in total. The van der Waals surface area contributed by atoms with E-state index in [1.165, 1.54) is 24.5 Å². The standard InChI is InChI=1S/C16H15ClFNO4/c1-2-3-13-10(6-7-23-13)15(20)19-14(16(21)22)9-4-5-11(17)12(18)8-9/h4-8,14H,2-3H2,1H3,(H,19,20)(H,21,22). The lowest BCUT2D eigenvalue weighted by Gasteiger charge is -2.15. The summed E-state index contributed by atoms with van der Waals surface area (Å²) in [5.74, 6) is -2.17. The number of hydrogen-bond donors (Lipinski definition) is 2. The van der Waals surface area contributed by atoms with E-state index in [9.17, 15) is 19.1 Å². The average Bonchev–Trinajstić information content (AvgIpc) is 2.96. The predicted octanol–water partition coefficient (Wildman–Crippen LogP) is 3.58. The molecule has 7 heteroatoms. The van der Waals surface area contributed by atoms with Gasteiger partial charge in [-0.05, 0) is 30.2 Å². The molecule has 1 atom stereocenters. The Morgan fingerprint density at radius 1 is 1.39 bits per heavy atom. The van der Waals surface area contributed by atoms with E-state index >= 15 is 0 Å². The van der Waals surface area contributed by atoms with E-state index in [1.54, 1.807) is 0 Å². The second kappa shape index (κ2) is 7.28. The number of carboxylic acid groups (broad SMARTS) is 1. The first kappa shape index (κ1) is 17.0. The van der Waals surface area contributed by atoms with Gasteiger partial charge in [0.15, 0.2) is 6.04 Å². The molecule has 1 heterocycles. The second-order valence-corrected chi connectivity index (χ2v) is 5.33. The SMILES string of the molecule is CCCc1occc1C(=O)NC(C(=O)O)c1ccc(Cl)c(F)c1. The number of amides is 1. The molecule has 0 bridgehead atoms. The van der Waals surface area contributed by atoms with Crippen LogP contribution in [0.25, 0.3) is 0 Å². The number of hydrogen-bond acceptors (Lipinski definition) is 3. The quantitative estimate of drug-likeness (QED) is 0.843. The van der Waals surface area contributed by atoms with E-state index in [2.05, 4.69) is 5.32 Å². The van der Waals surface area contributed by atoms with Gasteiger partial charge in [0.05, 0.1) is 16.8 Å². The normalized spacial score (nSPS) is 12.0. The summed E-state index contributed by atoms with van der Waals surface area (Å²) in [7, 11) is 0. The van der Waals surface area contributed by atoms with Crippen molar-refractivity contribution in [2.24, 2.45) is 0 Å². The molecule has 0 aliphatic rings. The van der Waals surface area contributed by atoms with Crippen molar-refractivity contribution < 1.29 is 23.5 Å². The summed E-state index contributed by atoms with van der Waals surface area (Å²) < 4.78 is 18.7. The van der Waals surface area contributed by atoms with E-state index in [0.717, 1.165) is 12.5 Å². The van der Waals surface area contributed by atoms with E-state index in [4.69, 9.17) is 16.0 Å². The molecule has 2 aromatic rings. The van der Waals surface area contributed by atoms with Gasteiger partial charge in [0.2, 0.25) is 0 Å². The number of carbonyl (C=O) groups excluding carboxylic acids is 1. The fourth-order valence-electron chi connectivity index (χ4n) is 2.15. The topological polar surface area (TPSA) is 79.5 Å². The van der Waals surface area contributed by atoms with Gasteiger partial charge in [0.25, 0.3) is 5.91 Å². The van der Waals surface area contributed by atoms with Crippen LogP contribution < -0.4 is 5.32 Å². The molecule has 1 amide bonds. The molecule has 1 aromatic heterocycles. The smallest absolute Gasteiger partial charge is 0.330 e. The number of carbonyl (C=O) groups is 2. The summed E-state index contributed by atoms with van der Waals surface area (Å²) in [4.78, 5) is 23.7. The van der Waals surface area contributed by atoms with Gasteiger partial charge in [-0.25, -0.2) is 9.18 Å². The Kier molecular flexibility index (Phi) is 5.39. The molecule has 0 spiro atoms. The van der Waals surface area contributed by atoms with Crippen LogP contribution in [0, 0.1) is 5.82 Å². The Bertz CT molecular complexity index is 729. The molecule has 2 rings (SSSR count). The van der Waals surface area contributed by atoms with Crippen molar-refractivity contribution in [2.75, 3.05) is 0 Å². The maximum atomic E-state index is 13.5. The Hall–Kier alpha value is -2.34. The second-order valence-electron chi connectivity index (χ2n) is 4.93. The Morgan fingerprint density at radius 3 is 2.74 bits per heavy atom. The first-order valence-electron chi connectivity index (χ1n) is 6.99. The predicted molar refractivity (Wildman–Crippen MR) is 82.0 cm³/mol. The zero-order valence-corrected chi connectivity index (χ0v) is 13.1.